The quantitative estimate of drug-likeness (QED) is 0.875. The van der Waals surface area contributed by atoms with Crippen molar-refractivity contribution in [2.45, 2.75) is 12.2 Å². The molecule has 2 nitrogen and oxygen atoms in total. The van der Waals surface area contributed by atoms with Gasteiger partial charge in [0.25, 0.3) is 0 Å². The Labute approximate surface area is 117 Å². The Bertz CT molecular complexity index is 622. The molecule has 0 spiro atoms. The molecule has 1 aromatic carbocycles. The van der Waals surface area contributed by atoms with Crippen molar-refractivity contribution < 1.29 is 22.0 Å². The molecule has 0 saturated heterocycles. The van der Waals surface area contributed by atoms with E-state index in [1.165, 1.54) is 12.1 Å². The average molecular weight is 302 g/mol. The Morgan fingerprint density at radius 1 is 1.05 bits per heavy atom. The molecule has 1 heterocycles. The van der Waals surface area contributed by atoms with Crippen LogP contribution in [0.1, 0.15) is 22.9 Å². The number of hydrogen-bond donors (Lipinski definition) is 1. The van der Waals surface area contributed by atoms with Gasteiger partial charge in [-0.1, -0.05) is 6.07 Å². The zero-order valence-corrected chi connectivity index (χ0v) is 10.9. The second-order valence-corrected chi connectivity index (χ2v) is 4.36. The van der Waals surface area contributed by atoms with Gasteiger partial charge in [0.2, 0.25) is 0 Å². The summed E-state index contributed by atoms with van der Waals surface area (Å²) in [4.78, 5) is 3.75. The normalized spacial score (nSPS) is 13.2. The number of hydrogen-bond acceptors (Lipinski definition) is 2. The van der Waals surface area contributed by atoms with Crippen LogP contribution < -0.4 is 5.32 Å². The Balaban J connectivity index is 2.35. The highest BCUT2D eigenvalue weighted by Crippen LogP contribution is 2.30. The van der Waals surface area contributed by atoms with E-state index in [4.69, 9.17) is 0 Å². The molecule has 112 valence electrons. The average Bonchev–Trinajstić information content (AvgIpc) is 2.43. The van der Waals surface area contributed by atoms with Crippen molar-refractivity contribution in [2.75, 3.05) is 7.05 Å². The molecule has 2 aromatic rings. The second kappa shape index (κ2) is 5.77. The van der Waals surface area contributed by atoms with Gasteiger partial charge in [0, 0.05) is 6.20 Å². The fourth-order valence-electron chi connectivity index (χ4n) is 1.92. The third-order valence-electron chi connectivity index (χ3n) is 2.98. The van der Waals surface area contributed by atoms with Crippen molar-refractivity contribution in [1.29, 1.82) is 0 Å². The molecule has 21 heavy (non-hydrogen) atoms. The van der Waals surface area contributed by atoms with E-state index in [1.807, 2.05) is 0 Å². The Kier molecular flexibility index (Phi) is 4.22. The van der Waals surface area contributed by atoms with Crippen molar-refractivity contribution in [3.05, 3.63) is 65.0 Å². The number of alkyl halides is 3. The Morgan fingerprint density at radius 3 is 2.24 bits per heavy atom. The van der Waals surface area contributed by atoms with Gasteiger partial charge < -0.3 is 5.32 Å². The van der Waals surface area contributed by atoms with Gasteiger partial charge in [0.1, 0.15) is 0 Å². The van der Waals surface area contributed by atoms with Gasteiger partial charge in [-0.25, -0.2) is 8.78 Å². The van der Waals surface area contributed by atoms with Crippen LogP contribution in [0.25, 0.3) is 0 Å². The van der Waals surface area contributed by atoms with E-state index in [9.17, 15) is 22.0 Å². The van der Waals surface area contributed by atoms with Crippen LogP contribution in [0.5, 0.6) is 0 Å². The second-order valence-electron chi connectivity index (χ2n) is 4.36. The van der Waals surface area contributed by atoms with E-state index in [2.05, 4.69) is 10.3 Å². The monoisotopic (exact) mass is 302 g/mol. The fraction of sp³-hybridized carbons (Fsp3) is 0.214. The third kappa shape index (κ3) is 3.36. The molecule has 0 aliphatic rings. The maximum absolute atomic E-state index is 13.2. The largest absolute Gasteiger partial charge is 0.417 e. The summed E-state index contributed by atoms with van der Waals surface area (Å²) in [7, 11) is 1.55. The van der Waals surface area contributed by atoms with Crippen molar-refractivity contribution in [3.8, 4) is 0 Å². The predicted molar refractivity (Wildman–Crippen MR) is 66.5 cm³/mol. The minimum atomic E-state index is -4.47. The zero-order chi connectivity index (χ0) is 15.6. The Hall–Kier alpha value is -2.02. The van der Waals surface area contributed by atoms with E-state index in [0.29, 0.717) is 11.8 Å². The molecule has 7 heteroatoms. The summed E-state index contributed by atoms with van der Waals surface area (Å²) in [6.07, 6.45) is -3.76. The summed E-state index contributed by atoms with van der Waals surface area (Å²) in [6, 6.07) is 4.74. The maximum Gasteiger partial charge on any atom is 0.417 e. The van der Waals surface area contributed by atoms with Crippen LogP contribution in [0.2, 0.25) is 0 Å². The summed E-state index contributed by atoms with van der Waals surface area (Å²) >= 11 is 0. The number of rotatable bonds is 3. The summed E-state index contributed by atoms with van der Waals surface area (Å²) in [5, 5.41) is 2.81. The number of nitrogens with one attached hydrogen (secondary N) is 1. The van der Waals surface area contributed by atoms with Gasteiger partial charge in [-0.2, -0.15) is 13.2 Å². The molecule has 0 fully saturated rings. The van der Waals surface area contributed by atoms with E-state index in [0.717, 1.165) is 18.2 Å². The van der Waals surface area contributed by atoms with Crippen molar-refractivity contribution in [2.24, 2.45) is 0 Å². The highest BCUT2D eigenvalue weighted by molar-refractivity contribution is 5.30. The molecule has 0 aliphatic heterocycles. The first-order valence-electron chi connectivity index (χ1n) is 5.98. The van der Waals surface area contributed by atoms with Crippen molar-refractivity contribution >= 4 is 0 Å². The Morgan fingerprint density at radius 2 is 1.76 bits per heavy atom. The van der Waals surface area contributed by atoms with Gasteiger partial charge >= 0.3 is 6.18 Å². The van der Waals surface area contributed by atoms with E-state index in [-0.39, 0.29) is 5.69 Å². The van der Waals surface area contributed by atoms with E-state index >= 15 is 0 Å². The van der Waals surface area contributed by atoms with Crippen LogP contribution in [0, 0.1) is 11.6 Å². The summed E-state index contributed by atoms with van der Waals surface area (Å²) in [5.41, 5.74) is -0.230. The molecular formula is C14H11F5N2. The number of aromatic nitrogens is 1. The summed E-state index contributed by atoms with van der Waals surface area (Å²) in [6.45, 7) is 0. The standard InChI is InChI=1S/C14H11F5N2/c1-20-13(8-2-4-10(15)11(16)6-8)12-5-3-9(7-21-12)14(17,18)19/h2-7,13,20H,1H3. The van der Waals surface area contributed by atoms with Crippen molar-refractivity contribution in [1.82, 2.24) is 10.3 Å². The molecule has 0 amide bonds. The first-order chi connectivity index (χ1) is 9.82. The minimum absolute atomic E-state index is 0.275. The van der Waals surface area contributed by atoms with Gasteiger partial charge in [-0.3, -0.25) is 4.98 Å². The summed E-state index contributed by atoms with van der Waals surface area (Å²) < 4.78 is 63.6. The lowest BCUT2D eigenvalue weighted by Gasteiger charge is -2.17. The third-order valence-corrected chi connectivity index (χ3v) is 2.98. The first kappa shape index (κ1) is 15.4. The topological polar surface area (TPSA) is 24.9 Å². The smallest absolute Gasteiger partial charge is 0.308 e. The molecular weight excluding hydrogens is 291 g/mol. The maximum atomic E-state index is 13.2. The molecule has 1 unspecified atom stereocenters. The highest BCUT2D eigenvalue weighted by Gasteiger charge is 2.31. The molecule has 0 bridgehead atoms. The summed E-state index contributed by atoms with van der Waals surface area (Å²) in [5.74, 6) is -2.02. The van der Waals surface area contributed by atoms with Crippen LogP contribution in [0.3, 0.4) is 0 Å². The van der Waals surface area contributed by atoms with Crippen LogP contribution in [0.15, 0.2) is 36.5 Å². The molecule has 1 aromatic heterocycles. The molecule has 2 rings (SSSR count). The van der Waals surface area contributed by atoms with Gasteiger partial charge in [-0.15, -0.1) is 0 Å². The lowest BCUT2D eigenvalue weighted by Crippen LogP contribution is -2.19. The molecule has 1 atom stereocenters. The molecule has 0 radical (unpaired) electrons. The molecule has 1 N–H and O–H groups in total. The lowest BCUT2D eigenvalue weighted by molar-refractivity contribution is -0.137. The number of benzene rings is 1. The van der Waals surface area contributed by atoms with E-state index in [1.54, 1.807) is 7.05 Å². The SMILES string of the molecule is CNC(c1ccc(F)c(F)c1)c1ccc(C(F)(F)F)cn1. The number of halogens is 5. The van der Waals surface area contributed by atoms with Gasteiger partial charge in [0.05, 0.1) is 17.3 Å². The van der Waals surface area contributed by atoms with E-state index < -0.39 is 29.4 Å². The lowest BCUT2D eigenvalue weighted by atomic mass is 10.0. The molecule has 0 aliphatic carbocycles. The zero-order valence-electron chi connectivity index (χ0n) is 10.9. The highest BCUT2D eigenvalue weighted by atomic mass is 19.4. The first-order valence-corrected chi connectivity index (χ1v) is 5.98. The fourth-order valence-corrected chi connectivity index (χ4v) is 1.92. The number of nitrogens with zero attached hydrogens (tertiary/aromatic N) is 1. The number of pyridine rings is 1. The van der Waals surface area contributed by atoms with Gasteiger partial charge in [-0.05, 0) is 36.9 Å². The van der Waals surface area contributed by atoms with Crippen molar-refractivity contribution in [3.63, 3.8) is 0 Å². The van der Waals surface area contributed by atoms with Crippen LogP contribution in [0.4, 0.5) is 22.0 Å². The predicted octanol–water partition coefficient (Wildman–Crippen LogP) is 3.69. The van der Waals surface area contributed by atoms with Gasteiger partial charge in [0.15, 0.2) is 11.6 Å². The minimum Gasteiger partial charge on any atom is -0.308 e. The van der Waals surface area contributed by atoms with Crippen LogP contribution >= 0.6 is 0 Å². The molecule has 0 saturated carbocycles. The van der Waals surface area contributed by atoms with Crippen LogP contribution in [-0.4, -0.2) is 12.0 Å². The van der Waals surface area contributed by atoms with Crippen LogP contribution in [-0.2, 0) is 6.18 Å².